The highest BCUT2D eigenvalue weighted by atomic mass is 32.1. The molecule has 5 nitrogen and oxygen atoms in total. The van der Waals surface area contributed by atoms with Gasteiger partial charge in [0.05, 0.1) is 19.2 Å². The average molecular weight is 266 g/mol. The van der Waals surface area contributed by atoms with E-state index in [4.69, 9.17) is 4.42 Å². The molecule has 96 valence electrons. The van der Waals surface area contributed by atoms with Gasteiger partial charge in [0.2, 0.25) is 0 Å². The smallest absolute Gasteiger partial charge is 0.341 e. The van der Waals surface area contributed by atoms with E-state index in [1.165, 1.54) is 7.11 Å². The molecule has 0 aliphatic rings. The van der Waals surface area contributed by atoms with Crippen molar-refractivity contribution in [3.63, 3.8) is 0 Å². The molecule has 0 aromatic carbocycles. The van der Waals surface area contributed by atoms with Crippen LogP contribution in [0, 0.1) is 6.92 Å². The van der Waals surface area contributed by atoms with Crippen molar-refractivity contribution >= 4 is 17.3 Å². The van der Waals surface area contributed by atoms with Crippen LogP contribution >= 0.6 is 11.3 Å². The number of rotatable bonds is 5. The van der Waals surface area contributed by atoms with E-state index >= 15 is 0 Å². The molecule has 0 spiro atoms. The topological polar surface area (TPSA) is 64.4 Å². The Balaban J connectivity index is 1.92. The van der Waals surface area contributed by atoms with Gasteiger partial charge < -0.3 is 14.5 Å². The van der Waals surface area contributed by atoms with Gasteiger partial charge in [-0.15, -0.1) is 11.3 Å². The second-order valence-corrected chi connectivity index (χ2v) is 4.72. The predicted octanol–water partition coefficient (Wildman–Crippen LogP) is 2.12. The van der Waals surface area contributed by atoms with Gasteiger partial charge in [-0.1, -0.05) is 0 Å². The van der Waals surface area contributed by atoms with Gasteiger partial charge in [0.1, 0.15) is 17.1 Å². The van der Waals surface area contributed by atoms with Crippen molar-refractivity contribution in [2.75, 3.05) is 7.11 Å². The average Bonchev–Trinajstić information content (AvgIpc) is 2.98. The molecule has 0 atom stereocenters. The molecule has 2 rings (SSSR count). The lowest BCUT2D eigenvalue weighted by Crippen LogP contribution is -2.11. The molecule has 0 aliphatic heterocycles. The Kier molecular flexibility index (Phi) is 4.11. The summed E-state index contributed by atoms with van der Waals surface area (Å²) in [7, 11) is 1.36. The first-order valence-electron chi connectivity index (χ1n) is 5.46. The van der Waals surface area contributed by atoms with Gasteiger partial charge in [0, 0.05) is 17.6 Å². The summed E-state index contributed by atoms with van der Waals surface area (Å²) in [6.45, 7) is 3.05. The van der Waals surface area contributed by atoms with Crippen LogP contribution in [-0.2, 0) is 17.8 Å². The van der Waals surface area contributed by atoms with Crippen LogP contribution in [0.25, 0.3) is 0 Å². The Bertz CT molecular complexity index is 519. The van der Waals surface area contributed by atoms with Crippen LogP contribution in [0.5, 0.6) is 0 Å². The van der Waals surface area contributed by atoms with E-state index in [0.717, 1.165) is 17.2 Å². The molecule has 18 heavy (non-hydrogen) atoms. The van der Waals surface area contributed by atoms with Crippen LogP contribution in [0.1, 0.15) is 26.8 Å². The minimum Gasteiger partial charge on any atom is -0.465 e. The molecule has 0 fully saturated rings. The van der Waals surface area contributed by atoms with Gasteiger partial charge in [-0.3, -0.25) is 4.98 Å². The van der Waals surface area contributed by atoms with E-state index in [2.05, 4.69) is 15.0 Å². The molecule has 0 bridgehead atoms. The number of hydrogen-bond acceptors (Lipinski definition) is 6. The van der Waals surface area contributed by atoms with E-state index in [1.807, 2.05) is 6.20 Å². The molecule has 2 heterocycles. The molecule has 0 unspecified atom stereocenters. The van der Waals surface area contributed by atoms with Crippen molar-refractivity contribution in [3.8, 4) is 0 Å². The van der Waals surface area contributed by atoms with Gasteiger partial charge in [-0.05, 0) is 13.0 Å². The largest absolute Gasteiger partial charge is 0.465 e. The normalized spacial score (nSPS) is 10.6. The van der Waals surface area contributed by atoms with E-state index in [0.29, 0.717) is 17.9 Å². The Morgan fingerprint density at radius 1 is 1.56 bits per heavy atom. The Morgan fingerprint density at radius 2 is 2.39 bits per heavy atom. The molecule has 0 saturated heterocycles. The summed E-state index contributed by atoms with van der Waals surface area (Å²) >= 11 is 1.60. The summed E-state index contributed by atoms with van der Waals surface area (Å²) in [5, 5.41) is 3.23. The molecule has 0 aliphatic carbocycles. The zero-order chi connectivity index (χ0) is 13.0. The minimum absolute atomic E-state index is 0.370. The number of aryl methyl sites for hydroxylation is 1. The van der Waals surface area contributed by atoms with Crippen LogP contribution in [0.3, 0.4) is 0 Å². The van der Waals surface area contributed by atoms with Crippen molar-refractivity contribution in [2.45, 2.75) is 20.0 Å². The van der Waals surface area contributed by atoms with Crippen LogP contribution in [-0.4, -0.2) is 18.1 Å². The maximum Gasteiger partial charge on any atom is 0.341 e. The molecule has 0 amide bonds. The fourth-order valence-electron chi connectivity index (χ4n) is 1.58. The van der Waals surface area contributed by atoms with Crippen molar-refractivity contribution in [1.82, 2.24) is 10.3 Å². The zero-order valence-corrected chi connectivity index (χ0v) is 11.0. The SMILES string of the molecule is COC(=O)c1cc(CNCc2cncs2)oc1C. The van der Waals surface area contributed by atoms with Crippen molar-refractivity contribution in [3.05, 3.63) is 39.7 Å². The summed E-state index contributed by atoms with van der Waals surface area (Å²) < 4.78 is 10.1. The lowest BCUT2D eigenvalue weighted by Gasteiger charge is -1.98. The van der Waals surface area contributed by atoms with Crippen LogP contribution in [0.4, 0.5) is 0 Å². The number of carbonyl (C=O) groups excluding carboxylic acids is 1. The molecule has 1 N–H and O–H groups in total. The van der Waals surface area contributed by atoms with E-state index in [-0.39, 0.29) is 5.97 Å². The minimum atomic E-state index is -0.370. The van der Waals surface area contributed by atoms with Crippen LogP contribution < -0.4 is 5.32 Å². The standard InChI is InChI=1S/C12H14N2O3S/c1-8-11(12(15)16-2)3-9(17-8)4-13-5-10-6-14-7-18-10/h3,6-7,13H,4-5H2,1-2H3. The number of aromatic nitrogens is 1. The summed E-state index contributed by atoms with van der Waals surface area (Å²) in [5.74, 6) is 0.929. The number of ether oxygens (including phenoxy) is 1. The Hall–Kier alpha value is -1.66. The first-order valence-corrected chi connectivity index (χ1v) is 6.34. The number of thiazole rings is 1. The molecule has 0 saturated carbocycles. The third kappa shape index (κ3) is 2.96. The summed E-state index contributed by atoms with van der Waals surface area (Å²) in [5.41, 5.74) is 2.27. The second-order valence-electron chi connectivity index (χ2n) is 3.75. The van der Waals surface area contributed by atoms with Crippen LogP contribution in [0.15, 0.2) is 22.2 Å². The second kappa shape index (κ2) is 5.79. The number of hydrogen-bond donors (Lipinski definition) is 1. The maximum atomic E-state index is 11.4. The lowest BCUT2D eigenvalue weighted by atomic mass is 10.2. The third-order valence-corrected chi connectivity index (χ3v) is 3.24. The number of furan rings is 1. The predicted molar refractivity (Wildman–Crippen MR) is 67.4 cm³/mol. The zero-order valence-electron chi connectivity index (χ0n) is 10.2. The maximum absolute atomic E-state index is 11.4. The molecular weight excluding hydrogens is 252 g/mol. The number of nitrogens with zero attached hydrogens (tertiary/aromatic N) is 1. The first kappa shape index (κ1) is 12.8. The molecule has 0 radical (unpaired) electrons. The van der Waals surface area contributed by atoms with Gasteiger partial charge in [0.15, 0.2) is 0 Å². The fourth-order valence-corrected chi connectivity index (χ4v) is 2.15. The van der Waals surface area contributed by atoms with E-state index < -0.39 is 0 Å². The quantitative estimate of drug-likeness (QED) is 0.840. The van der Waals surface area contributed by atoms with Crippen molar-refractivity contribution < 1.29 is 13.9 Å². The molecular formula is C12H14N2O3S. The highest BCUT2D eigenvalue weighted by molar-refractivity contribution is 7.09. The first-order chi connectivity index (χ1) is 8.70. The lowest BCUT2D eigenvalue weighted by molar-refractivity contribution is 0.0599. The van der Waals surface area contributed by atoms with Gasteiger partial charge in [-0.2, -0.15) is 0 Å². The Morgan fingerprint density at radius 3 is 3.06 bits per heavy atom. The highest BCUT2D eigenvalue weighted by Gasteiger charge is 2.14. The molecule has 2 aromatic heterocycles. The molecule has 6 heteroatoms. The van der Waals surface area contributed by atoms with Gasteiger partial charge in [-0.25, -0.2) is 4.79 Å². The number of methoxy groups -OCH3 is 1. The van der Waals surface area contributed by atoms with Gasteiger partial charge >= 0.3 is 5.97 Å². The monoisotopic (exact) mass is 266 g/mol. The van der Waals surface area contributed by atoms with Crippen LogP contribution in [0.2, 0.25) is 0 Å². The summed E-state index contributed by atoms with van der Waals surface area (Å²) in [6, 6.07) is 1.71. The Labute approximate surface area is 109 Å². The van der Waals surface area contributed by atoms with Crippen molar-refractivity contribution in [1.29, 1.82) is 0 Å². The summed E-state index contributed by atoms with van der Waals surface area (Å²) in [4.78, 5) is 16.6. The number of esters is 1. The molecule has 2 aromatic rings. The fraction of sp³-hybridized carbons (Fsp3) is 0.333. The van der Waals surface area contributed by atoms with Crippen molar-refractivity contribution in [2.24, 2.45) is 0 Å². The third-order valence-electron chi connectivity index (χ3n) is 2.46. The highest BCUT2D eigenvalue weighted by Crippen LogP contribution is 2.15. The number of carbonyl (C=O) groups is 1. The van der Waals surface area contributed by atoms with Gasteiger partial charge in [0.25, 0.3) is 0 Å². The van der Waals surface area contributed by atoms with E-state index in [1.54, 1.807) is 29.8 Å². The van der Waals surface area contributed by atoms with E-state index in [9.17, 15) is 4.79 Å². The summed E-state index contributed by atoms with van der Waals surface area (Å²) in [6.07, 6.45) is 1.82. The number of nitrogens with one attached hydrogen (secondary N) is 1.